The number of hydrogen-bond acceptors (Lipinski definition) is 11. The van der Waals surface area contributed by atoms with E-state index in [9.17, 15) is 25.0 Å². The number of ether oxygens (including phenoxy) is 5. The highest BCUT2D eigenvalue weighted by molar-refractivity contribution is 5.73. The smallest absolute Gasteiger partial charge is 0.415 e. The van der Waals surface area contributed by atoms with Crippen LogP contribution in [-0.2, 0) is 22.7 Å². The van der Waals surface area contributed by atoms with Crippen LogP contribution in [0.5, 0.6) is 17.2 Å². The molecule has 3 heterocycles. The van der Waals surface area contributed by atoms with E-state index in [2.05, 4.69) is 17.0 Å². The van der Waals surface area contributed by atoms with E-state index in [4.69, 9.17) is 23.7 Å². The molecule has 6 rings (SSSR count). The lowest BCUT2D eigenvalue weighted by atomic mass is 9.93. The van der Waals surface area contributed by atoms with Crippen LogP contribution in [0, 0.1) is 20.2 Å². The standard InChI is InChI=1S/C28H26N4O10/c33-28(42-26-6-3-22(31(34)35)13-23(26)32(36)37)30-9-7-29(8-10-30)27(18-1-4-24-20(11-18)14-38-16-40-24)19-2-5-25-21(12-19)15-39-17-41-25/h1-6,11-13,27H,7-10,14-17H2. The first-order valence-corrected chi connectivity index (χ1v) is 13.2. The number of non-ortho nitro benzene ring substituents is 1. The van der Waals surface area contributed by atoms with Gasteiger partial charge in [-0.25, -0.2) is 4.79 Å². The summed E-state index contributed by atoms with van der Waals surface area (Å²) < 4.78 is 27.5. The van der Waals surface area contributed by atoms with E-state index in [0.717, 1.165) is 52.0 Å². The highest BCUT2D eigenvalue weighted by Gasteiger charge is 2.32. The summed E-state index contributed by atoms with van der Waals surface area (Å²) in [6.45, 7) is 2.86. The maximum Gasteiger partial charge on any atom is 0.415 e. The Morgan fingerprint density at radius 3 is 1.93 bits per heavy atom. The number of benzene rings is 3. The van der Waals surface area contributed by atoms with E-state index in [0.29, 0.717) is 39.4 Å². The molecular formula is C28H26N4O10. The van der Waals surface area contributed by atoms with Crippen LogP contribution >= 0.6 is 0 Å². The van der Waals surface area contributed by atoms with Gasteiger partial charge in [0.15, 0.2) is 13.6 Å². The minimum atomic E-state index is -0.818. The quantitative estimate of drug-likeness (QED) is 0.306. The molecule has 0 atom stereocenters. The summed E-state index contributed by atoms with van der Waals surface area (Å²) in [4.78, 5) is 37.6. The molecule has 14 nitrogen and oxygen atoms in total. The maximum atomic E-state index is 13.0. The van der Waals surface area contributed by atoms with Crippen LogP contribution in [0.1, 0.15) is 28.3 Å². The lowest BCUT2D eigenvalue weighted by Crippen LogP contribution is -2.50. The normalized spacial score (nSPS) is 16.5. The van der Waals surface area contributed by atoms with Crippen molar-refractivity contribution in [3.05, 3.63) is 97.1 Å². The second-order valence-electron chi connectivity index (χ2n) is 9.92. The van der Waals surface area contributed by atoms with Gasteiger partial charge in [0.25, 0.3) is 5.69 Å². The summed E-state index contributed by atoms with van der Waals surface area (Å²) >= 11 is 0. The van der Waals surface area contributed by atoms with Crippen molar-refractivity contribution in [1.29, 1.82) is 0 Å². The molecule has 0 aliphatic carbocycles. The minimum absolute atomic E-state index is 0.168. The fourth-order valence-electron chi connectivity index (χ4n) is 5.34. The molecule has 42 heavy (non-hydrogen) atoms. The zero-order valence-corrected chi connectivity index (χ0v) is 22.3. The Hall–Kier alpha value is -4.79. The first-order chi connectivity index (χ1) is 20.4. The van der Waals surface area contributed by atoms with Crippen molar-refractivity contribution in [2.75, 3.05) is 39.8 Å². The van der Waals surface area contributed by atoms with Crippen molar-refractivity contribution < 1.29 is 38.3 Å². The van der Waals surface area contributed by atoms with Gasteiger partial charge in [0.05, 0.1) is 35.2 Å². The van der Waals surface area contributed by atoms with Gasteiger partial charge < -0.3 is 28.6 Å². The van der Waals surface area contributed by atoms with Gasteiger partial charge >= 0.3 is 11.8 Å². The highest BCUT2D eigenvalue weighted by Crippen LogP contribution is 2.37. The van der Waals surface area contributed by atoms with Gasteiger partial charge in [0.2, 0.25) is 5.75 Å². The number of piperazine rings is 1. The average molecular weight is 579 g/mol. The monoisotopic (exact) mass is 578 g/mol. The van der Waals surface area contributed by atoms with Gasteiger partial charge in [-0.3, -0.25) is 25.1 Å². The second-order valence-corrected chi connectivity index (χ2v) is 9.92. The summed E-state index contributed by atoms with van der Waals surface area (Å²) in [5.41, 5.74) is 2.82. The van der Waals surface area contributed by atoms with Crippen molar-refractivity contribution in [2.24, 2.45) is 0 Å². The Morgan fingerprint density at radius 2 is 1.38 bits per heavy atom. The van der Waals surface area contributed by atoms with Gasteiger partial charge in [-0.15, -0.1) is 0 Å². The summed E-state index contributed by atoms with van der Waals surface area (Å²) in [7, 11) is 0. The number of carbonyl (C=O) groups is 1. The van der Waals surface area contributed by atoms with Gasteiger partial charge in [-0.05, 0) is 41.5 Å². The van der Waals surface area contributed by atoms with Crippen LogP contribution in [-0.4, -0.2) is 65.5 Å². The van der Waals surface area contributed by atoms with Crippen molar-refractivity contribution >= 4 is 17.5 Å². The number of rotatable bonds is 6. The van der Waals surface area contributed by atoms with Gasteiger partial charge in [-0.2, -0.15) is 0 Å². The fourth-order valence-corrected chi connectivity index (χ4v) is 5.34. The van der Waals surface area contributed by atoms with Crippen molar-refractivity contribution in [2.45, 2.75) is 19.3 Å². The topological polar surface area (TPSA) is 156 Å². The Bertz CT molecular complexity index is 1480. The lowest BCUT2D eigenvalue weighted by Gasteiger charge is -2.39. The van der Waals surface area contributed by atoms with Gasteiger partial charge in [-0.1, -0.05) is 12.1 Å². The van der Waals surface area contributed by atoms with E-state index in [-0.39, 0.29) is 25.4 Å². The lowest BCUT2D eigenvalue weighted by molar-refractivity contribution is -0.394. The summed E-state index contributed by atoms with van der Waals surface area (Å²) in [6, 6.07) is 14.8. The zero-order valence-electron chi connectivity index (χ0n) is 22.3. The van der Waals surface area contributed by atoms with E-state index < -0.39 is 27.3 Å². The number of hydrogen-bond donors (Lipinski definition) is 0. The zero-order chi connectivity index (χ0) is 29.2. The molecule has 0 saturated carbocycles. The second kappa shape index (κ2) is 11.6. The summed E-state index contributed by atoms with van der Waals surface area (Å²) in [5, 5.41) is 22.5. The molecule has 0 radical (unpaired) electrons. The van der Waals surface area contributed by atoms with Gasteiger partial charge in [0, 0.05) is 43.4 Å². The van der Waals surface area contributed by atoms with E-state index in [1.807, 2.05) is 24.3 Å². The maximum absolute atomic E-state index is 13.0. The van der Waals surface area contributed by atoms with Crippen LogP contribution in [0.4, 0.5) is 16.2 Å². The Labute approximate surface area is 239 Å². The van der Waals surface area contributed by atoms with Crippen LogP contribution in [0.3, 0.4) is 0 Å². The molecule has 1 saturated heterocycles. The Kier molecular flexibility index (Phi) is 7.56. The van der Waals surface area contributed by atoms with Gasteiger partial charge in [0.1, 0.15) is 11.5 Å². The van der Waals surface area contributed by atoms with Crippen LogP contribution in [0.15, 0.2) is 54.6 Å². The molecular weight excluding hydrogens is 552 g/mol. The van der Waals surface area contributed by atoms with E-state index in [1.54, 1.807) is 0 Å². The molecule has 0 N–H and O–H groups in total. The molecule has 0 unspecified atom stereocenters. The fraction of sp³-hybridized carbons (Fsp3) is 0.321. The molecule has 14 heteroatoms. The van der Waals surface area contributed by atoms with E-state index >= 15 is 0 Å². The first kappa shape index (κ1) is 27.4. The number of nitro groups is 2. The third kappa shape index (κ3) is 5.54. The molecule has 3 aromatic carbocycles. The molecule has 3 aromatic rings. The van der Waals surface area contributed by atoms with Crippen molar-refractivity contribution in [3.8, 4) is 17.2 Å². The predicted octanol–water partition coefficient (Wildman–Crippen LogP) is 4.14. The largest absolute Gasteiger partial charge is 0.467 e. The average Bonchev–Trinajstić information content (AvgIpc) is 3.01. The van der Waals surface area contributed by atoms with Crippen LogP contribution in [0.25, 0.3) is 0 Å². The molecule has 3 aliphatic rings. The number of nitro benzene ring substituents is 2. The van der Waals surface area contributed by atoms with Crippen molar-refractivity contribution in [3.63, 3.8) is 0 Å². The number of nitrogens with zero attached hydrogens (tertiary/aromatic N) is 4. The molecule has 3 aliphatic heterocycles. The summed E-state index contributed by atoms with van der Waals surface area (Å²) in [5.74, 6) is 1.21. The molecule has 1 fully saturated rings. The van der Waals surface area contributed by atoms with Crippen LogP contribution in [0.2, 0.25) is 0 Å². The number of amides is 1. The van der Waals surface area contributed by atoms with Crippen molar-refractivity contribution in [1.82, 2.24) is 9.80 Å². The molecule has 0 spiro atoms. The first-order valence-electron chi connectivity index (χ1n) is 13.2. The minimum Gasteiger partial charge on any atom is -0.467 e. The number of carbonyl (C=O) groups excluding carboxylic acids is 1. The molecule has 0 bridgehead atoms. The predicted molar refractivity (Wildman–Crippen MR) is 144 cm³/mol. The number of fused-ring (bicyclic) bond motifs is 2. The highest BCUT2D eigenvalue weighted by atomic mass is 16.7. The third-order valence-corrected chi connectivity index (χ3v) is 7.40. The molecule has 0 aromatic heterocycles. The van der Waals surface area contributed by atoms with E-state index in [1.165, 1.54) is 4.90 Å². The third-order valence-electron chi connectivity index (χ3n) is 7.40. The molecule has 218 valence electrons. The Balaban J connectivity index is 1.22. The molecule has 1 amide bonds. The Morgan fingerprint density at radius 1 is 0.786 bits per heavy atom. The summed E-state index contributed by atoms with van der Waals surface area (Å²) in [6.07, 6.45) is -0.769. The van der Waals surface area contributed by atoms with Crippen LogP contribution < -0.4 is 14.2 Å². The SMILES string of the molecule is O=C(Oc1ccc([N+](=O)[O-])cc1[N+](=O)[O-])N1CCN(C(c2ccc3c(c2)COCO3)c2ccc3c(c2)COCO3)CC1.